The molecule has 5 heteroatoms. The van der Waals surface area contributed by atoms with Crippen LogP contribution in [0.15, 0.2) is 30.5 Å². The van der Waals surface area contributed by atoms with Crippen LogP contribution in [-0.2, 0) is 4.79 Å². The molecule has 0 radical (unpaired) electrons. The number of H-pyrrole nitrogens is 1. The molecule has 1 fully saturated rings. The number of hydrogen-bond acceptors (Lipinski definition) is 2. The van der Waals surface area contributed by atoms with E-state index >= 15 is 0 Å². The molecule has 102 valence electrons. The van der Waals surface area contributed by atoms with E-state index in [9.17, 15) is 4.79 Å². The Balaban J connectivity index is 0.00000133. The maximum absolute atomic E-state index is 12.1. The van der Waals surface area contributed by atoms with Gasteiger partial charge in [-0.15, -0.1) is 12.4 Å². The van der Waals surface area contributed by atoms with E-state index in [2.05, 4.69) is 15.6 Å². The third-order valence-corrected chi connectivity index (χ3v) is 3.45. The smallest absolute Gasteiger partial charge is 0.241 e. The van der Waals surface area contributed by atoms with E-state index in [0.717, 1.165) is 36.0 Å². The SMILES string of the molecule is Cl.O=C(Nc1ccc2[nH]ccc2c1)C1CCCCN1. The Morgan fingerprint density at radius 1 is 1.26 bits per heavy atom. The largest absolute Gasteiger partial charge is 0.361 e. The Morgan fingerprint density at radius 2 is 2.16 bits per heavy atom. The third kappa shape index (κ3) is 3.08. The fourth-order valence-corrected chi connectivity index (χ4v) is 2.44. The summed E-state index contributed by atoms with van der Waals surface area (Å²) in [7, 11) is 0. The summed E-state index contributed by atoms with van der Waals surface area (Å²) in [5.41, 5.74) is 1.95. The highest BCUT2D eigenvalue weighted by atomic mass is 35.5. The molecule has 1 aromatic carbocycles. The Morgan fingerprint density at radius 3 is 2.95 bits per heavy atom. The Bertz CT molecular complexity index is 561. The lowest BCUT2D eigenvalue weighted by Crippen LogP contribution is -2.43. The number of aromatic nitrogens is 1. The maximum atomic E-state index is 12.1. The van der Waals surface area contributed by atoms with E-state index in [1.165, 1.54) is 6.42 Å². The van der Waals surface area contributed by atoms with E-state index in [0.29, 0.717) is 0 Å². The van der Waals surface area contributed by atoms with Crippen LogP contribution in [0.5, 0.6) is 0 Å². The number of fused-ring (bicyclic) bond motifs is 1. The number of rotatable bonds is 2. The van der Waals surface area contributed by atoms with Crippen molar-refractivity contribution < 1.29 is 4.79 Å². The quantitative estimate of drug-likeness (QED) is 0.792. The lowest BCUT2D eigenvalue weighted by Gasteiger charge is -2.22. The molecule has 2 heterocycles. The van der Waals surface area contributed by atoms with Crippen molar-refractivity contribution >= 4 is 34.9 Å². The summed E-state index contributed by atoms with van der Waals surface area (Å²) in [6.45, 7) is 0.939. The molecule has 1 aliphatic rings. The molecule has 0 saturated carbocycles. The van der Waals surface area contributed by atoms with Crippen LogP contribution in [-0.4, -0.2) is 23.5 Å². The second-order valence-electron chi connectivity index (χ2n) is 4.77. The first-order valence-electron chi connectivity index (χ1n) is 6.44. The van der Waals surface area contributed by atoms with Gasteiger partial charge in [0.05, 0.1) is 6.04 Å². The molecule has 1 saturated heterocycles. The number of aromatic amines is 1. The van der Waals surface area contributed by atoms with Gasteiger partial charge < -0.3 is 15.6 Å². The Labute approximate surface area is 118 Å². The Kier molecular flexibility index (Phi) is 4.45. The highest BCUT2D eigenvalue weighted by Gasteiger charge is 2.20. The zero-order chi connectivity index (χ0) is 12.4. The molecule has 2 aromatic rings. The highest BCUT2D eigenvalue weighted by molar-refractivity contribution is 5.96. The summed E-state index contributed by atoms with van der Waals surface area (Å²) in [5.74, 6) is 0.0737. The van der Waals surface area contributed by atoms with Crippen LogP contribution in [0, 0.1) is 0 Å². The van der Waals surface area contributed by atoms with Gasteiger partial charge in [0.25, 0.3) is 0 Å². The maximum Gasteiger partial charge on any atom is 0.241 e. The van der Waals surface area contributed by atoms with Crippen molar-refractivity contribution in [3.63, 3.8) is 0 Å². The van der Waals surface area contributed by atoms with Gasteiger partial charge in [-0.05, 0) is 43.7 Å². The lowest BCUT2D eigenvalue weighted by molar-refractivity contribution is -0.118. The second kappa shape index (κ2) is 6.08. The van der Waals surface area contributed by atoms with Crippen LogP contribution in [0.3, 0.4) is 0 Å². The summed E-state index contributed by atoms with van der Waals surface area (Å²) < 4.78 is 0. The Hall–Kier alpha value is -1.52. The van der Waals surface area contributed by atoms with Gasteiger partial charge in [-0.2, -0.15) is 0 Å². The van der Waals surface area contributed by atoms with Gasteiger partial charge in [-0.1, -0.05) is 6.42 Å². The number of halogens is 1. The molecular weight excluding hydrogens is 262 g/mol. The topological polar surface area (TPSA) is 56.9 Å². The van der Waals surface area contributed by atoms with Crippen LogP contribution in [0.2, 0.25) is 0 Å². The summed E-state index contributed by atoms with van der Waals surface area (Å²) in [6, 6.07) is 7.87. The van der Waals surface area contributed by atoms with Crippen molar-refractivity contribution in [3.8, 4) is 0 Å². The van der Waals surface area contributed by atoms with Crippen molar-refractivity contribution in [1.82, 2.24) is 10.3 Å². The highest BCUT2D eigenvalue weighted by Crippen LogP contribution is 2.18. The number of hydrogen-bond donors (Lipinski definition) is 3. The van der Waals surface area contributed by atoms with Crippen LogP contribution in [0.4, 0.5) is 5.69 Å². The van der Waals surface area contributed by atoms with Gasteiger partial charge in [0.1, 0.15) is 0 Å². The lowest BCUT2D eigenvalue weighted by atomic mass is 10.0. The number of benzene rings is 1. The molecule has 4 nitrogen and oxygen atoms in total. The van der Waals surface area contributed by atoms with Gasteiger partial charge in [0.15, 0.2) is 0 Å². The molecule has 1 amide bonds. The van der Waals surface area contributed by atoms with E-state index < -0.39 is 0 Å². The van der Waals surface area contributed by atoms with Crippen LogP contribution >= 0.6 is 12.4 Å². The predicted molar refractivity (Wildman–Crippen MR) is 79.8 cm³/mol. The van der Waals surface area contributed by atoms with Crippen LogP contribution in [0.1, 0.15) is 19.3 Å². The van der Waals surface area contributed by atoms with Gasteiger partial charge in [0.2, 0.25) is 5.91 Å². The van der Waals surface area contributed by atoms with E-state index in [1.54, 1.807) is 0 Å². The molecule has 1 aromatic heterocycles. The minimum absolute atomic E-state index is 0. The third-order valence-electron chi connectivity index (χ3n) is 3.45. The summed E-state index contributed by atoms with van der Waals surface area (Å²) in [6.07, 6.45) is 5.12. The monoisotopic (exact) mass is 279 g/mol. The van der Waals surface area contributed by atoms with E-state index in [-0.39, 0.29) is 24.4 Å². The number of amides is 1. The molecule has 3 N–H and O–H groups in total. The molecule has 1 aliphatic heterocycles. The summed E-state index contributed by atoms with van der Waals surface area (Å²) >= 11 is 0. The zero-order valence-corrected chi connectivity index (χ0v) is 11.4. The normalized spacial score (nSPS) is 18.8. The standard InChI is InChI=1S/C14H17N3O.ClH/c18-14(13-3-1-2-7-15-13)17-11-4-5-12-10(9-11)6-8-16-12;/h4-6,8-9,13,15-16H,1-3,7H2,(H,17,18);1H. The van der Waals surface area contributed by atoms with E-state index in [1.807, 2.05) is 30.5 Å². The first kappa shape index (κ1) is 13.9. The number of carbonyl (C=O) groups excluding carboxylic acids is 1. The minimum atomic E-state index is -0.0410. The minimum Gasteiger partial charge on any atom is -0.361 e. The van der Waals surface area contributed by atoms with Crippen molar-refractivity contribution in [1.29, 1.82) is 0 Å². The number of nitrogens with one attached hydrogen (secondary N) is 3. The fraction of sp³-hybridized carbons (Fsp3) is 0.357. The predicted octanol–water partition coefficient (Wildman–Crippen LogP) is 2.67. The molecule has 0 aliphatic carbocycles. The first-order valence-corrected chi connectivity index (χ1v) is 6.44. The molecule has 3 rings (SSSR count). The summed E-state index contributed by atoms with van der Waals surface area (Å²) in [5, 5.41) is 7.35. The van der Waals surface area contributed by atoms with Gasteiger partial charge >= 0.3 is 0 Å². The zero-order valence-electron chi connectivity index (χ0n) is 10.6. The number of carbonyl (C=O) groups is 1. The van der Waals surface area contributed by atoms with Gasteiger partial charge in [0, 0.05) is 22.8 Å². The molecular formula is C14H18ClN3O. The van der Waals surface area contributed by atoms with Gasteiger partial charge in [-0.25, -0.2) is 0 Å². The molecule has 0 spiro atoms. The van der Waals surface area contributed by atoms with Crippen molar-refractivity contribution in [2.75, 3.05) is 11.9 Å². The summed E-state index contributed by atoms with van der Waals surface area (Å²) in [4.78, 5) is 15.2. The van der Waals surface area contributed by atoms with Crippen molar-refractivity contribution in [2.45, 2.75) is 25.3 Å². The molecule has 0 bridgehead atoms. The van der Waals surface area contributed by atoms with Gasteiger partial charge in [-0.3, -0.25) is 4.79 Å². The molecule has 19 heavy (non-hydrogen) atoms. The fourth-order valence-electron chi connectivity index (χ4n) is 2.44. The first-order chi connectivity index (χ1) is 8.83. The average molecular weight is 280 g/mol. The molecule has 1 unspecified atom stereocenters. The van der Waals surface area contributed by atoms with E-state index in [4.69, 9.17) is 0 Å². The number of anilines is 1. The average Bonchev–Trinajstić information content (AvgIpc) is 2.87. The van der Waals surface area contributed by atoms with Crippen molar-refractivity contribution in [3.05, 3.63) is 30.5 Å². The number of piperidine rings is 1. The molecule has 1 atom stereocenters. The second-order valence-corrected chi connectivity index (χ2v) is 4.77. The van der Waals surface area contributed by atoms with Crippen molar-refractivity contribution in [2.24, 2.45) is 0 Å². The van der Waals surface area contributed by atoms with Crippen LogP contribution in [0.25, 0.3) is 10.9 Å². The van der Waals surface area contributed by atoms with Crippen LogP contribution < -0.4 is 10.6 Å².